The smallest absolute Gasteiger partial charge is 0.328 e. The summed E-state index contributed by atoms with van der Waals surface area (Å²) in [5, 5.41) is 9.39. The van der Waals surface area contributed by atoms with Crippen LogP contribution in [0.5, 0.6) is 0 Å². The van der Waals surface area contributed by atoms with E-state index in [1.54, 1.807) is 6.20 Å². The van der Waals surface area contributed by atoms with Gasteiger partial charge in [-0.05, 0) is 12.3 Å². The van der Waals surface area contributed by atoms with E-state index in [9.17, 15) is 4.79 Å². The maximum atomic E-state index is 11.5. The summed E-state index contributed by atoms with van der Waals surface area (Å²) in [4.78, 5) is 11.5. The van der Waals surface area contributed by atoms with Gasteiger partial charge in [0.15, 0.2) is 0 Å². The summed E-state index contributed by atoms with van der Waals surface area (Å²) in [6.07, 6.45) is 2.23. The molecule has 1 heterocycles. The molecule has 0 aliphatic carbocycles. The van der Waals surface area contributed by atoms with E-state index in [1.807, 2.05) is 13.8 Å². The average Bonchev–Trinajstić information content (AvgIpc) is 2.61. The van der Waals surface area contributed by atoms with Gasteiger partial charge in [-0.3, -0.25) is 5.10 Å². The number of hydrogen-bond acceptors (Lipinski definition) is 5. The summed E-state index contributed by atoms with van der Waals surface area (Å²) in [7, 11) is 1.37. The first-order valence-electron chi connectivity index (χ1n) is 5.17. The number of nitrogen functional groups attached to an aromatic ring is 1. The molecule has 0 fully saturated rings. The van der Waals surface area contributed by atoms with Crippen molar-refractivity contribution in [3.05, 3.63) is 6.20 Å². The highest BCUT2D eigenvalue weighted by Gasteiger charge is 2.21. The van der Waals surface area contributed by atoms with Gasteiger partial charge < -0.3 is 15.8 Å². The van der Waals surface area contributed by atoms with Crippen molar-refractivity contribution in [2.45, 2.75) is 26.3 Å². The van der Waals surface area contributed by atoms with Crippen LogP contribution in [0.25, 0.3) is 0 Å². The second-order valence-corrected chi connectivity index (χ2v) is 4.05. The van der Waals surface area contributed by atoms with Crippen LogP contribution >= 0.6 is 0 Å². The molecule has 0 saturated carbocycles. The number of hydrogen-bond donors (Lipinski definition) is 3. The molecule has 16 heavy (non-hydrogen) atoms. The van der Waals surface area contributed by atoms with Crippen molar-refractivity contribution in [3.63, 3.8) is 0 Å². The third kappa shape index (κ3) is 3.15. The summed E-state index contributed by atoms with van der Waals surface area (Å²) in [5.41, 5.74) is 6.25. The maximum Gasteiger partial charge on any atom is 0.328 e. The Kier molecular flexibility index (Phi) is 4.16. The number of nitrogens with zero attached hydrogens (tertiary/aromatic N) is 1. The molecule has 6 nitrogen and oxygen atoms in total. The number of carbonyl (C=O) groups excluding carboxylic acids is 1. The van der Waals surface area contributed by atoms with Gasteiger partial charge in [-0.15, -0.1) is 0 Å². The highest BCUT2D eigenvalue weighted by Crippen LogP contribution is 2.17. The molecule has 90 valence electrons. The molecule has 0 saturated heterocycles. The third-order valence-corrected chi connectivity index (χ3v) is 2.19. The van der Waals surface area contributed by atoms with Crippen LogP contribution in [0.15, 0.2) is 6.20 Å². The Morgan fingerprint density at radius 3 is 2.81 bits per heavy atom. The monoisotopic (exact) mass is 226 g/mol. The van der Waals surface area contributed by atoms with Crippen molar-refractivity contribution >= 4 is 17.5 Å². The number of methoxy groups -OCH3 is 1. The fourth-order valence-corrected chi connectivity index (χ4v) is 1.43. The standard InChI is InChI=1S/C10H18N4O2/c1-6(2)4-7(10(15)16-3)13-8-5-12-14-9(8)11/h5-7,13H,4H2,1-3H3,(H3,11,12,14). The second kappa shape index (κ2) is 5.39. The first kappa shape index (κ1) is 12.4. The van der Waals surface area contributed by atoms with Crippen LogP contribution in [0.2, 0.25) is 0 Å². The topological polar surface area (TPSA) is 93.0 Å². The number of nitrogens with two attached hydrogens (primary N) is 1. The molecule has 1 aromatic rings. The van der Waals surface area contributed by atoms with E-state index in [1.165, 1.54) is 7.11 Å². The number of aromatic amines is 1. The molecule has 1 aromatic heterocycles. The minimum Gasteiger partial charge on any atom is -0.467 e. The Bertz CT molecular complexity index is 348. The van der Waals surface area contributed by atoms with Gasteiger partial charge in [0.2, 0.25) is 0 Å². The van der Waals surface area contributed by atoms with E-state index in [0.717, 1.165) is 0 Å². The van der Waals surface area contributed by atoms with E-state index < -0.39 is 6.04 Å². The lowest BCUT2D eigenvalue weighted by Gasteiger charge is -2.18. The maximum absolute atomic E-state index is 11.5. The highest BCUT2D eigenvalue weighted by molar-refractivity contribution is 5.80. The lowest BCUT2D eigenvalue weighted by Crippen LogP contribution is -2.32. The molecule has 0 amide bonds. The lowest BCUT2D eigenvalue weighted by molar-refractivity contribution is -0.141. The van der Waals surface area contributed by atoms with Crippen molar-refractivity contribution in [2.24, 2.45) is 5.92 Å². The molecule has 1 unspecified atom stereocenters. The van der Waals surface area contributed by atoms with Crippen LogP contribution in [0.1, 0.15) is 20.3 Å². The largest absolute Gasteiger partial charge is 0.467 e. The Hall–Kier alpha value is -1.72. The van der Waals surface area contributed by atoms with Gasteiger partial charge in [0.05, 0.1) is 19.0 Å². The zero-order valence-electron chi connectivity index (χ0n) is 9.78. The molecule has 0 spiro atoms. The Morgan fingerprint density at radius 1 is 1.69 bits per heavy atom. The lowest BCUT2D eigenvalue weighted by atomic mass is 10.0. The van der Waals surface area contributed by atoms with Gasteiger partial charge in [-0.2, -0.15) is 5.10 Å². The number of aromatic nitrogens is 2. The zero-order valence-corrected chi connectivity index (χ0v) is 9.78. The minimum atomic E-state index is -0.398. The van der Waals surface area contributed by atoms with Crippen molar-refractivity contribution in [1.82, 2.24) is 10.2 Å². The van der Waals surface area contributed by atoms with E-state index in [-0.39, 0.29) is 5.97 Å². The van der Waals surface area contributed by atoms with E-state index in [4.69, 9.17) is 10.5 Å². The average molecular weight is 226 g/mol. The molecule has 6 heteroatoms. The molecule has 1 rings (SSSR count). The number of ether oxygens (including phenoxy) is 1. The van der Waals surface area contributed by atoms with E-state index >= 15 is 0 Å². The summed E-state index contributed by atoms with van der Waals surface area (Å²) in [6.45, 7) is 4.08. The van der Waals surface area contributed by atoms with Crippen molar-refractivity contribution in [1.29, 1.82) is 0 Å². The molecule has 0 radical (unpaired) electrons. The Morgan fingerprint density at radius 2 is 2.38 bits per heavy atom. The molecular formula is C10H18N4O2. The first-order chi connectivity index (χ1) is 7.54. The van der Waals surface area contributed by atoms with E-state index in [0.29, 0.717) is 23.8 Å². The Balaban J connectivity index is 2.70. The summed E-state index contributed by atoms with van der Waals surface area (Å²) in [5.74, 6) is 0.497. The number of anilines is 2. The van der Waals surface area contributed by atoms with Gasteiger partial charge in [-0.25, -0.2) is 4.79 Å². The second-order valence-electron chi connectivity index (χ2n) is 4.05. The molecular weight excluding hydrogens is 208 g/mol. The molecule has 1 atom stereocenters. The van der Waals surface area contributed by atoms with Gasteiger partial charge >= 0.3 is 5.97 Å². The number of carbonyl (C=O) groups is 1. The number of rotatable bonds is 5. The summed E-state index contributed by atoms with van der Waals surface area (Å²) >= 11 is 0. The van der Waals surface area contributed by atoms with Crippen molar-refractivity contribution in [2.75, 3.05) is 18.2 Å². The fraction of sp³-hybridized carbons (Fsp3) is 0.600. The van der Waals surface area contributed by atoms with Crippen LogP contribution in [0, 0.1) is 5.92 Å². The molecule has 0 bridgehead atoms. The summed E-state index contributed by atoms with van der Waals surface area (Å²) in [6, 6.07) is -0.398. The normalized spacial score (nSPS) is 12.5. The zero-order chi connectivity index (χ0) is 12.1. The summed E-state index contributed by atoms with van der Waals surface area (Å²) < 4.78 is 4.73. The third-order valence-electron chi connectivity index (χ3n) is 2.19. The van der Waals surface area contributed by atoms with Crippen molar-refractivity contribution in [3.8, 4) is 0 Å². The van der Waals surface area contributed by atoms with Crippen LogP contribution in [0.3, 0.4) is 0 Å². The number of nitrogens with one attached hydrogen (secondary N) is 2. The van der Waals surface area contributed by atoms with Gasteiger partial charge in [0.25, 0.3) is 0 Å². The SMILES string of the molecule is COC(=O)C(CC(C)C)Nc1cn[nH]c1N. The van der Waals surface area contributed by atoms with Crippen molar-refractivity contribution < 1.29 is 9.53 Å². The van der Waals surface area contributed by atoms with Gasteiger partial charge in [0.1, 0.15) is 11.9 Å². The highest BCUT2D eigenvalue weighted by atomic mass is 16.5. The molecule has 4 N–H and O–H groups in total. The quantitative estimate of drug-likeness (QED) is 0.651. The van der Waals surface area contributed by atoms with Crippen LogP contribution in [-0.4, -0.2) is 29.3 Å². The number of H-pyrrole nitrogens is 1. The van der Waals surface area contributed by atoms with Gasteiger partial charge in [0, 0.05) is 0 Å². The molecule has 0 aliphatic heterocycles. The van der Waals surface area contributed by atoms with Crippen LogP contribution in [0.4, 0.5) is 11.5 Å². The fourth-order valence-electron chi connectivity index (χ4n) is 1.43. The predicted molar refractivity (Wildman–Crippen MR) is 61.9 cm³/mol. The Labute approximate surface area is 94.5 Å². The first-order valence-corrected chi connectivity index (χ1v) is 5.17. The number of esters is 1. The minimum absolute atomic E-state index is 0.297. The molecule has 0 aliphatic rings. The van der Waals surface area contributed by atoms with Gasteiger partial charge in [-0.1, -0.05) is 13.8 Å². The van der Waals surface area contributed by atoms with E-state index in [2.05, 4.69) is 15.5 Å². The molecule has 0 aromatic carbocycles. The predicted octanol–water partition coefficient (Wildman–Crippen LogP) is 0.991. The van der Waals surface area contributed by atoms with Crippen LogP contribution in [-0.2, 0) is 9.53 Å². The van der Waals surface area contributed by atoms with Crippen LogP contribution < -0.4 is 11.1 Å².